The van der Waals surface area contributed by atoms with Crippen molar-refractivity contribution in [3.05, 3.63) is 47.7 Å². The maximum absolute atomic E-state index is 5.70. The molecule has 2 N–H and O–H groups in total. The van der Waals surface area contributed by atoms with Crippen molar-refractivity contribution in [2.75, 3.05) is 7.11 Å². The number of ether oxygens (including phenoxy) is 1. The topological polar surface area (TPSA) is 48.1 Å². The molecular weight excluding hydrogens is 212 g/mol. The molecule has 0 aliphatic carbocycles. The third-order valence-corrected chi connectivity index (χ3v) is 2.70. The molecule has 0 radical (unpaired) electrons. The number of nitrogens with two attached hydrogens (primary N) is 1. The molecule has 3 heteroatoms. The molecule has 0 saturated carbocycles. The highest BCUT2D eigenvalue weighted by molar-refractivity contribution is 5.61. The minimum absolute atomic E-state index is 0.449. The average Bonchev–Trinajstić information content (AvgIpc) is 2.38. The average molecular weight is 228 g/mol. The van der Waals surface area contributed by atoms with Gasteiger partial charge in [-0.1, -0.05) is 23.8 Å². The van der Waals surface area contributed by atoms with Gasteiger partial charge in [-0.15, -0.1) is 0 Å². The van der Waals surface area contributed by atoms with E-state index in [4.69, 9.17) is 10.5 Å². The van der Waals surface area contributed by atoms with Crippen LogP contribution in [0.25, 0.3) is 11.3 Å². The van der Waals surface area contributed by atoms with Crippen molar-refractivity contribution in [1.29, 1.82) is 0 Å². The van der Waals surface area contributed by atoms with Crippen molar-refractivity contribution in [2.24, 2.45) is 5.73 Å². The van der Waals surface area contributed by atoms with Crippen LogP contribution in [0.3, 0.4) is 0 Å². The maximum Gasteiger partial charge on any atom is 0.141 e. The molecule has 3 nitrogen and oxygen atoms in total. The van der Waals surface area contributed by atoms with E-state index in [2.05, 4.69) is 24.0 Å². The summed E-state index contributed by atoms with van der Waals surface area (Å²) in [6.45, 7) is 2.52. The van der Waals surface area contributed by atoms with Gasteiger partial charge in [-0.2, -0.15) is 0 Å². The standard InChI is InChI=1S/C14H16N2O/c1-10-4-3-5-11(6-10)13-7-12(8-15)14(17-2)9-16-13/h3-7,9H,8,15H2,1-2H3. The lowest BCUT2D eigenvalue weighted by Gasteiger charge is -2.08. The zero-order valence-electron chi connectivity index (χ0n) is 10.1. The summed E-state index contributed by atoms with van der Waals surface area (Å²) in [6.07, 6.45) is 1.72. The Morgan fingerprint density at radius 1 is 1.29 bits per heavy atom. The Hall–Kier alpha value is -1.87. The fraction of sp³-hybridized carbons (Fsp3) is 0.214. The summed E-state index contributed by atoms with van der Waals surface area (Å²) in [5.74, 6) is 0.740. The number of hydrogen-bond acceptors (Lipinski definition) is 3. The van der Waals surface area contributed by atoms with Crippen molar-refractivity contribution in [2.45, 2.75) is 13.5 Å². The summed E-state index contributed by atoms with van der Waals surface area (Å²) in [5, 5.41) is 0. The molecule has 2 aromatic rings. The number of benzene rings is 1. The van der Waals surface area contributed by atoms with Gasteiger partial charge in [0.05, 0.1) is 19.0 Å². The van der Waals surface area contributed by atoms with Crippen LogP contribution in [0.2, 0.25) is 0 Å². The molecule has 0 unspecified atom stereocenters. The zero-order valence-corrected chi connectivity index (χ0v) is 10.1. The number of hydrogen-bond donors (Lipinski definition) is 1. The fourth-order valence-corrected chi connectivity index (χ4v) is 1.79. The molecule has 1 aromatic heterocycles. The van der Waals surface area contributed by atoms with Gasteiger partial charge < -0.3 is 10.5 Å². The van der Waals surface area contributed by atoms with Gasteiger partial charge in [0.2, 0.25) is 0 Å². The van der Waals surface area contributed by atoms with Crippen molar-refractivity contribution >= 4 is 0 Å². The molecule has 1 aromatic carbocycles. The van der Waals surface area contributed by atoms with Crippen LogP contribution in [0.5, 0.6) is 5.75 Å². The summed E-state index contributed by atoms with van der Waals surface area (Å²) >= 11 is 0. The van der Waals surface area contributed by atoms with Crippen LogP contribution < -0.4 is 10.5 Å². The van der Waals surface area contributed by atoms with Crippen LogP contribution in [-0.4, -0.2) is 12.1 Å². The van der Waals surface area contributed by atoms with Gasteiger partial charge >= 0.3 is 0 Å². The SMILES string of the molecule is COc1cnc(-c2cccc(C)c2)cc1CN. The Bertz CT molecular complexity index is 523. The van der Waals surface area contributed by atoms with E-state index in [1.807, 2.05) is 18.2 Å². The highest BCUT2D eigenvalue weighted by Crippen LogP contribution is 2.24. The molecule has 0 saturated heterocycles. The minimum Gasteiger partial charge on any atom is -0.495 e. The summed E-state index contributed by atoms with van der Waals surface area (Å²) in [6, 6.07) is 10.2. The van der Waals surface area contributed by atoms with Crippen molar-refractivity contribution < 1.29 is 4.74 Å². The highest BCUT2D eigenvalue weighted by atomic mass is 16.5. The van der Waals surface area contributed by atoms with Gasteiger partial charge in [0, 0.05) is 17.7 Å². The summed E-state index contributed by atoms with van der Waals surface area (Å²) < 4.78 is 5.21. The van der Waals surface area contributed by atoms with Gasteiger partial charge in [0.25, 0.3) is 0 Å². The molecule has 17 heavy (non-hydrogen) atoms. The lowest BCUT2D eigenvalue weighted by atomic mass is 10.1. The van der Waals surface area contributed by atoms with E-state index < -0.39 is 0 Å². The molecule has 0 bridgehead atoms. The number of pyridine rings is 1. The Morgan fingerprint density at radius 3 is 2.76 bits per heavy atom. The van der Waals surface area contributed by atoms with Gasteiger partial charge in [-0.25, -0.2) is 0 Å². The second-order valence-corrected chi connectivity index (χ2v) is 3.95. The first kappa shape index (κ1) is 11.6. The number of rotatable bonds is 3. The number of aromatic nitrogens is 1. The van der Waals surface area contributed by atoms with E-state index in [9.17, 15) is 0 Å². The first-order valence-electron chi connectivity index (χ1n) is 5.54. The highest BCUT2D eigenvalue weighted by Gasteiger charge is 2.05. The quantitative estimate of drug-likeness (QED) is 0.878. The van der Waals surface area contributed by atoms with Gasteiger partial charge in [-0.05, 0) is 19.1 Å². The van der Waals surface area contributed by atoms with Crippen molar-refractivity contribution in [1.82, 2.24) is 4.98 Å². The van der Waals surface area contributed by atoms with Crippen LogP contribution in [0.15, 0.2) is 36.5 Å². The number of nitrogens with zero attached hydrogens (tertiary/aromatic N) is 1. The summed E-state index contributed by atoms with van der Waals surface area (Å²) in [5.41, 5.74) is 9.91. The minimum atomic E-state index is 0.449. The first-order valence-corrected chi connectivity index (χ1v) is 5.54. The lowest BCUT2D eigenvalue weighted by molar-refractivity contribution is 0.408. The Kier molecular flexibility index (Phi) is 3.40. The fourth-order valence-electron chi connectivity index (χ4n) is 1.79. The smallest absolute Gasteiger partial charge is 0.141 e. The number of aryl methyl sites for hydroxylation is 1. The Balaban J connectivity index is 2.46. The van der Waals surface area contributed by atoms with Crippen LogP contribution in [-0.2, 0) is 6.54 Å². The molecule has 0 fully saturated rings. The molecule has 0 amide bonds. The molecular formula is C14H16N2O. The second-order valence-electron chi connectivity index (χ2n) is 3.95. The van der Waals surface area contributed by atoms with E-state index >= 15 is 0 Å². The molecule has 0 atom stereocenters. The predicted octanol–water partition coefficient (Wildman–Crippen LogP) is 2.52. The molecule has 0 aliphatic heterocycles. The van der Waals surface area contributed by atoms with Crippen LogP contribution in [0.1, 0.15) is 11.1 Å². The Labute approximate surface area is 101 Å². The van der Waals surface area contributed by atoms with Crippen LogP contribution in [0.4, 0.5) is 0 Å². The molecule has 1 heterocycles. The molecule has 88 valence electrons. The van der Waals surface area contributed by atoms with Gasteiger partial charge in [0.1, 0.15) is 5.75 Å². The number of methoxy groups -OCH3 is 1. The predicted molar refractivity (Wildman–Crippen MR) is 68.9 cm³/mol. The van der Waals surface area contributed by atoms with E-state index in [0.29, 0.717) is 6.54 Å². The summed E-state index contributed by atoms with van der Waals surface area (Å²) in [7, 11) is 1.63. The molecule has 0 spiro atoms. The first-order chi connectivity index (χ1) is 8.24. The van der Waals surface area contributed by atoms with Crippen LogP contribution in [0, 0.1) is 6.92 Å². The monoisotopic (exact) mass is 228 g/mol. The molecule has 2 rings (SSSR count). The van der Waals surface area contributed by atoms with E-state index in [0.717, 1.165) is 22.6 Å². The lowest BCUT2D eigenvalue weighted by Crippen LogP contribution is -2.01. The van der Waals surface area contributed by atoms with Crippen molar-refractivity contribution in [3.63, 3.8) is 0 Å². The van der Waals surface area contributed by atoms with Crippen molar-refractivity contribution in [3.8, 4) is 17.0 Å². The molecule has 0 aliphatic rings. The van der Waals surface area contributed by atoms with E-state index in [-0.39, 0.29) is 0 Å². The third kappa shape index (κ3) is 2.45. The summed E-state index contributed by atoms with van der Waals surface area (Å²) in [4.78, 5) is 4.39. The largest absolute Gasteiger partial charge is 0.495 e. The van der Waals surface area contributed by atoms with Gasteiger partial charge in [0.15, 0.2) is 0 Å². The third-order valence-electron chi connectivity index (χ3n) is 2.70. The normalized spacial score (nSPS) is 10.3. The Morgan fingerprint density at radius 2 is 2.12 bits per heavy atom. The second kappa shape index (κ2) is 4.97. The van der Waals surface area contributed by atoms with Gasteiger partial charge in [-0.3, -0.25) is 4.98 Å². The van der Waals surface area contributed by atoms with Crippen LogP contribution >= 0.6 is 0 Å². The van der Waals surface area contributed by atoms with E-state index in [1.165, 1.54) is 5.56 Å². The zero-order chi connectivity index (χ0) is 12.3. The van der Waals surface area contributed by atoms with E-state index in [1.54, 1.807) is 13.3 Å². The maximum atomic E-state index is 5.70.